The Balaban J connectivity index is 0.00000169. The number of benzene rings is 1. The van der Waals surface area contributed by atoms with Gasteiger partial charge < -0.3 is 25.9 Å². The Bertz CT molecular complexity index is 726. The molecule has 1 aromatic heterocycles. The fourth-order valence-electron chi connectivity index (χ4n) is 2.44. The Kier molecular flexibility index (Phi) is 9.15. The van der Waals surface area contributed by atoms with E-state index in [1.54, 1.807) is 0 Å². The molecular weight excluding hydrogens is 410 g/mol. The van der Waals surface area contributed by atoms with Crippen molar-refractivity contribution in [1.82, 2.24) is 14.9 Å². The Morgan fingerprint density at radius 1 is 1.27 bits per heavy atom. The van der Waals surface area contributed by atoms with Crippen LogP contribution in [0.2, 0.25) is 0 Å². The van der Waals surface area contributed by atoms with Crippen LogP contribution in [0.4, 0.5) is 17.5 Å². The zero-order chi connectivity index (χ0) is 16.9. The molecule has 132 valence electrons. The predicted octanol–water partition coefficient (Wildman–Crippen LogP) is 2.05. The van der Waals surface area contributed by atoms with Gasteiger partial charge in [0.2, 0.25) is 0 Å². The quantitative estimate of drug-likeness (QED) is 0.702. The van der Waals surface area contributed by atoms with E-state index in [1.807, 2.05) is 24.3 Å². The molecular formula is C16H18BN5O3Y-. The van der Waals surface area contributed by atoms with Crippen molar-refractivity contribution >= 4 is 31.8 Å². The van der Waals surface area contributed by atoms with Crippen molar-refractivity contribution in [2.24, 2.45) is 0 Å². The summed E-state index contributed by atoms with van der Waals surface area (Å²) in [4.78, 5) is 21.0. The number of nitrogens with one attached hydrogen (secondary N) is 2. The molecule has 0 aliphatic carbocycles. The van der Waals surface area contributed by atoms with Gasteiger partial charge in [-0.05, 0) is 23.5 Å². The summed E-state index contributed by atoms with van der Waals surface area (Å²) in [5, 5.41) is 11.9. The number of anilines is 2. The SMILES string of the molecule is [B].[NH-]c1nc(Nc2ccc(CN3CCOCC3)cc2)ncc1C(=O)O.[Y]. The zero-order valence-electron chi connectivity index (χ0n) is 14.2. The molecule has 1 aromatic carbocycles. The van der Waals surface area contributed by atoms with Crippen molar-refractivity contribution < 1.29 is 47.3 Å². The van der Waals surface area contributed by atoms with Crippen molar-refractivity contribution in [2.45, 2.75) is 6.54 Å². The molecule has 1 aliphatic heterocycles. The summed E-state index contributed by atoms with van der Waals surface area (Å²) in [6.45, 7) is 4.31. The van der Waals surface area contributed by atoms with E-state index in [4.69, 9.17) is 15.6 Å². The van der Waals surface area contributed by atoms with Gasteiger partial charge in [-0.2, -0.15) is 0 Å². The molecule has 2 aromatic rings. The van der Waals surface area contributed by atoms with Gasteiger partial charge in [0.1, 0.15) is 5.95 Å². The predicted molar refractivity (Wildman–Crippen MR) is 94.5 cm³/mol. The van der Waals surface area contributed by atoms with Crippen LogP contribution in [0, 0.1) is 0 Å². The van der Waals surface area contributed by atoms with Crippen LogP contribution in [-0.2, 0) is 44.0 Å². The number of hydrogen-bond donors (Lipinski definition) is 2. The maximum Gasteiger partial charge on any atom is 0.337 e. The normalized spacial score (nSPS) is 14.0. The molecule has 10 heteroatoms. The smallest absolute Gasteiger partial charge is 0.337 e. The van der Waals surface area contributed by atoms with Crippen LogP contribution < -0.4 is 5.32 Å². The van der Waals surface area contributed by atoms with Gasteiger partial charge in [0.15, 0.2) is 0 Å². The van der Waals surface area contributed by atoms with E-state index in [0.717, 1.165) is 44.7 Å². The molecule has 0 atom stereocenters. The second kappa shape index (κ2) is 10.6. The molecule has 2 heterocycles. The monoisotopic (exact) mass is 428 g/mol. The number of morpholine rings is 1. The van der Waals surface area contributed by atoms with Crippen LogP contribution in [0.15, 0.2) is 30.5 Å². The van der Waals surface area contributed by atoms with Crippen molar-refractivity contribution in [3.8, 4) is 0 Å². The van der Waals surface area contributed by atoms with Gasteiger partial charge in [0.25, 0.3) is 0 Å². The Morgan fingerprint density at radius 2 is 1.92 bits per heavy atom. The van der Waals surface area contributed by atoms with E-state index in [0.29, 0.717) is 0 Å². The van der Waals surface area contributed by atoms with Crippen LogP contribution in [-0.4, -0.2) is 60.7 Å². The van der Waals surface area contributed by atoms with Gasteiger partial charge in [0.05, 0.1) is 18.8 Å². The summed E-state index contributed by atoms with van der Waals surface area (Å²) < 4.78 is 5.34. The average Bonchev–Trinajstić information content (AvgIpc) is 2.57. The fraction of sp³-hybridized carbons (Fsp3) is 0.312. The van der Waals surface area contributed by atoms with Crippen LogP contribution in [0.25, 0.3) is 5.73 Å². The molecule has 3 rings (SSSR count). The molecule has 0 unspecified atom stereocenters. The minimum atomic E-state index is -1.21. The average molecular weight is 428 g/mol. The molecule has 3 N–H and O–H groups in total. The number of carbonyl (C=O) groups is 1. The molecule has 4 radical (unpaired) electrons. The summed E-state index contributed by atoms with van der Waals surface area (Å²) >= 11 is 0. The van der Waals surface area contributed by atoms with Crippen molar-refractivity contribution in [2.75, 3.05) is 31.6 Å². The fourth-order valence-corrected chi connectivity index (χ4v) is 2.44. The number of nitrogens with zero attached hydrogens (tertiary/aromatic N) is 3. The van der Waals surface area contributed by atoms with Gasteiger partial charge in [-0.1, -0.05) is 12.1 Å². The second-order valence-electron chi connectivity index (χ2n) is 5.47. The third-order valence-electron chi connectivity index (χ3n) is 3.74. The van der Waals surface area contributed by atoms with Crippen molar-refractivity contribution in [1.29, 1.82) is 0 Å². The first-order chi connectivity index (χ1) is 11.6. The van der Waals surface area contributed by atoms with Crippen LogP contribution in [0.1, 0.15) is 15.9 Å². The summed E-state index contributed by atoms with van der Waals surface area (Å²) in [6, 6.07) is 7.86. The van der Waals surface area contributed by atoms with Gasteiger partial charge in [-0.25, -0.2) is 9.78 Å². The first-order valence-electron chi connectivity index (χ1n) is 7.60. The van der Waals surface area contributed by atoms with Gasteiger partial charge in [-0.3, -0.25) is 4.90 Å². The maximum absolute atomic E-state index is 10.9. The van der Waals surface area contributed by atoms with E-state index < -0.39 is 5.97 Å². The Labute approximate surface area is 179 Å². The molecule has 0 spiro atoms. The largest absolute Gasteiger partial charge is 0.481 e. The third-order valence-corrected chi connectivity index (χ3v) is 3.74. The van der Waals surface area contributed by atoms with E-state index in [9.17, 15) is 4.79 Å². The third kappa shape index (κ3) is 6.02. The number of carboxylic acids is 1. The van der Waals surface area contributed by atoms with Gasteiger partial charge in [-0.15, -0.1) is 0 Å². The second-order valence-corrected chi connectivity index (χ2v) is 5.47. The molecule has 26 heavy (non-hydrogen) atoms. The number of hydrogen-bond acceptors (Lipinski definition) is 6. The number of aromatic carboxylic acids is 1. The van der Waals surface area contributed by atoms with Crippen molar-refractivity contribution in [3.05, 3.63) is 47.3 Å². The van der Waals surface area contributed by atoms with Crippen LogP contribution >= 0.6 is 0 Å². The van der Waals surface area contributed by atoms with Crippen LogP contribution in [0.5, 0.6) is 0 Å². The molecule has 8 nitrogen and oxygen atoms in total. The molecule has 0 bridgehead atoms. The first kappa shape index (κ1) is 22.5. The molecule has 1 fully saturated rings. The summed E-state index contributed by atoms with van der Waals surface area (Å²) in [5.41, 5.74) is 9.36. The van der Waals surface area contributed by atoms with Gasteiger partial charge in [0, 0.05) is 72.6 Å². The summed E-state index contributed by atoms with van der Waals surface area (Å²) in [7, 11) is 0. The molecule has 1 aliphatic rings. The molecule has 1 saturated heterocycles. The Hall–Kier alpha value is -1.54. The molecule has 0 amide bonds. The zero-order valence-corrected chi connectivity index (χ0v) is 17.0. The minimum Gasteiger partial charge on any atom is -0.481 e. The number of ether oxygens (including phenoxy) is 1. The number of carboxylic acid groups (broad SMARTS) is 1. The van der Waals surface area contributed by atoms with E-state index in [2.05, 4.69) is 20.2 Å². The summed E-state index contributed by atoms with van der Waals surface area (Å²) in [5.74, 6) is -1.33. The number of rotatable bonds is 5. The van der Waals surface area contributed by atoms with Crippen LogP contribution in [0.3, 0.4) is 0 Å². The summed E-state index contributed by atoms with van der Waals surface area (Å²) in [6.07, 6.45) is 1.13. The van der Waals surface area contributed by atoms with Crippen molar-refractivity contribution in [3.63, 3.8) is 0 Å². The van der Waals surface area contributed by atoms with Gasteiger partial charge >= 0.3 is 5.97 Å². The van der Waals surface area contributed by atoms with E-state index in [-0.39, 0.29) is 58.5 Å². The number of aromatic nitrogens is 2. The molecule has 0 saturated carbocycles. The maximum atomic E-state index is 10.9. The standard InChI is InChI=1S/C16H19N5O3.B.Y/c17-14-13(15(22)23)9-18-16(20-14)19-12-3-1-11(2-4-12)10-21-5-7-24-8-6-21;;/h1-4,9H,5-8,10H2,(H4,17,18,19,20,22,23);;/p-1. The Morgan fingerprint density at radius 3 is 2.50 bits per heavy atom. The van der Waals surface area contributed by atoms with E-state index in [1.165, 1.54) is 5.56 Å². The topological polar surface area (TPSA) is 111 Å². The first-order valence-corrected chi connectivity index (χ1v) is 7.60. The minimum absolute atomic E-state index is 0. The van der Waals surface area contributed by atoms with E-state index >= 15 is 0 Å².